The van der Waals surface area contributed by atoms with Gasteiger partial charge in [-0.05, 0) is 12.3 Å². The molecule has 0 aliphatic heterocycles. The molecule has 0 spiro atoms. The minimum absolute atomic E-state index is 0.0263. The van der Waals surface area contributed by atoms with E-state index in [9.17, 15) is 50.6 Å². The van der Waals surface area contributed by atoms with Crippen LogP contribution >= 0.6 is 0 Å². The van der Waals surface area contributed by atoms with Crippen LogP contribution in [0.3, 0.4) is 0 Å². The third-order valence-corrected chi connectivity index (χ3v) is 6.22. The van der Waals surface area contributed by atoms with Crippen molar-refractivity contribution in [3.8, 4) is 0 Å². The zero-order chi connectivity index (χ0) is 22.0. The van der Waals surface area contributed by atoms with Gasteiger partial charge in [-0.25, -0.2) is 0 Å². The Morgan fingerprint density at radius 3 is 1.17 bits per heavy atom. The first-order valence-corrected chi connectivity index (χ1v) is 9.11. The van der Waals surface area contributed by atoms with E-state index in [1.807, 2.05) is 0 Å². The highest BCUT2D eigenvalue weighted by molar-refractivity contribution is 4.93. The zero-order valence-electron chi connectivity index (χ0n) is 15.5. The summed E-state index contributed by atoms with van der Waals surface area (Å²) in [5, 5.41) is 57.2. The molecule has 0 N–H and O–H groups in total. The Labute approximate surface area is 163 Å². The molecule has 0 aromatic rings. The van der Waals surface area contributed by atoms with Crippen molar-refractivity contribution >= 4 is 0 Å². The SMILES string of the molecule is CC1CC([N+](=O)[O-])C(CC2C([N+](=O)[O-])CC([N+](=O)[O-])CC2[N+](=O)[O-])C([N+](=O)[O-])C1. The Morgan fingerprint density at radius 2 is 0.897 bits per heavy atom. The Bertz CT molecular complexity index is 669. The van der Waals surface area contributed by atoms with Gasteiger partial charge in [0.2, 0.25) is 30.2 Å². The molecule has 0 amide bonds. The Morgan fingerprint density at radius 1 is 0.586 bits per heavy atom. The van der Waals surface area contributed by atoms with Crippen molar-refractivity contribution in [2.75, 3.05) is 0 Å². The summed E-state index contributed by atoms with van der Waals surface area (Å²) in [5.41, 5.74) is 0. The largest absolute Gasteiger partial charge is 0.264 e. The maximum absolute atomic E-state index is 11.5. The van der Waals surface area contributed by atoms with Crippen LogP contribution in [0.25, 0.3) is 0 Å². The molecular weight excluding hydrogens is 398 g/mol. The molecular formula is C14H21N5O10. The maximum Gasteiger partial charge on any atom is 0.229 e. The fourth-order valence-electron chi connectivity index (χ4n) is 4.87. The predicted octanol–water partition coefficient (Wildman–Crippen LogP) is 1.06. The quantitative estimate of drug-likeness (QED) is 0.422. The number of nitro groups is 5. The van der Waals surface area contributed by atoms with Crippen LogP contribution in [-0.4, -0.2) is 54.8 Å². The molecule has 0 aromatic heterocycles. The van der Waals surface area contributed by atoms with Gasteiger partial charge in [-0.2, -0.15) is 0 Å². The molecule has 2 rings (SSSR count). The van der Waals surface area contributed by atoms with Crippen LogP contribution in [0.2, 0.25) is 0 Å². The van der Waals surface area contributed by atoms with Gasteiger partial charge in [0.05, 0.1) is 24.7 Å². The van der Waals surface area contributed by atoms with Gasteiger partial charge in [0.1, 0.15) is 0 Å². The fraction of sp³-hybridized carbons (Fsp3) is 1.00. The van der Waals surface area contributed by atoms with Crippen LogP contribution < -0.4 is 0 Å². The standard InChI is InChI=1S/C14H21N5O10/c1-7-2-11(16(22)23)9(12(3-7)17(24)25)6-10-13(18(26)27)4-8(15(20)21)5-14(10)19(28)29/h7-14H,2-6H2,1H3. The van der Waals surface area contributed by atoms with Gasteiger partial charge in [0.25, 0.3) is 0 Å². The van der Waals surface area contributed by atoms with Gasteiger partial charge in [0.15, 0.2) is 0 Å². The molecule has 0 saturated heterocycles. The summed E-state index contributed by atoms with van der Waals surface area (Å²) in [7, 11) is 0. The van der Waals surface area contributed by atoms with E-state index in [0.29, 0.717) is 0 Å². The van der Waals surface area contributed by atoms with Crippen LogP contribution in [0.15, 0.2) is 0 Å². The van der Waals surface area contributed by atoms with Crippen LogP contribution in [0.4, 0.5) is 0 Å². The van der Waals surface area contributed by atoms with Crippen LogP contribution in [0.1, 0.15) is 39.0 Å². The summed E-state index contributed by atoms with van der Waals surface area (Å²) in [6.07, 6.45) is -1.52. The van der Waals surface area contributed by atoms with Gasteiger partial charge >= 0.3 is 0 Å². The summed E-state index contributed by atoms with van der Waals surface area (Å²) in [6, 6.07) is -7.55. The molecule has 2 aliphatic rings. The minimum atomic E-state index is -1.67. The number of hydrogen-bond donors (Lipinski definition) is 0. The van der Waals surface area contributed by atoms with Crippen molar-refractivity contribution in [2.45, 2.75) is 69.2 Å². The molecule has 0 radical (unpaired) electrons. The molecule has 4 atom stereocenters. The monoisotopic (exact) mass is 419 g/mol. The van der Waals surface area contributed by atoms with Crippen molar-refractivity contribution in [3.63, 3.8) is 0 Å². The molecule has 0 bridgehead atoms. The first-order valence-electron chi connectivity index (χ1n) is 9.11. The van der Waals surface area contributed by atoms with Crippen molar-refractivity contribution < 1.29 is 24.6 Å². The van der Waals surface area contributed by atoms with Crippen molar-refractivity contribution in [2.24, 2.45) is 17.8 Å². The lowest BCUT2D eigenvalue weighted by Gasteiger charge is -2.36. The molecule has 0 heterocycles. The van der Waals surface area contributed by atoms with Crippen LogP contribution in [0.5, 0.6) is 0 Å². The Balaban J connectivity index is 2.42. The van der Waals surface area contributed by atoms with Gasteiger partial charge in [-0.3, -0.25) is 50.6 Å². The Hall–Kier alpha value is -3.00. The average molecular weight is 419 g/mol. The molecule has 0 aromatic carbocycles. The van der Waals surface area contributed by atoms with Gasteiger partial charge < -0.3 is 0 Å². The van der Waals surface area contributed by atoms with Gasteiger partial charge in [-0.1, -0.05) is 6.92 Å². The molecule has 2 aliphatic carbocycles. The fourth-order valence-corrected chi connectivity index (χ4v) is 4.87. The van der Waals surface area contributed by atoms with Crippen molar-refractivity contribution in [3.05, 3.63) is 50.6 Å². The topological polar surface area (TPSA) is 216 Å². The summed E-state index contributed by atoms with van der Waals surface area (Å²) in [6.45, 7) is 1.63. The highest BCUT2D eigenvalue weighted by Crippen LogP contribution is 2.41. The molecule has 162 valence electrons. The first kappa shape index (κ1) is 22.3. The molecule has 4 unspecified atom stereocenters. The molecule has 2 saturated carbocycles. The molecule has 15 heteroatoms. The van der Waals surface area contributed by atoms with Gasteiger partial charge in [0, 0.05) is 37.5 Å². The van der Waals surface area contributed by atoms with E-state index in [-0.39, 0.29) is 18.8 Å². The zero-order valence-corrected chi connectivity index (χ0v) is 15.5. The van der Waals surface area contributed by atoms with Gasteiger partial charge in [-0.15, -0.1) is 0 Å². The second-order valence-electron chi connectivity index (χ2n) is 7.96. The predicted molar refractivity (Wildman–Crippen MR) is 93.1 cm³/mol. The second kappa shape index (κ2) is 8.57. The average Bonchev–Trinajstić information content (AvgIpc) is 2.61. The summed E-state index contributed by atoms with van der Waals surface area (Å²) < 4.78 is 0. The van der Waals surface area contributed by atoms with E-state index >= 15 is 0 Å². The van der Waals surface area contributed by atoms with Crippen molar-refractivity contribution in [1.29, 1.82) is 0 Å². The second-order valence-corrected chi connectivity index (χ2v) is 7.96. The van der Waals surface area contributed by atoms with E-state index in [0.717, 1.165) is 0 Å². The minimum Gasteiger partial charge on any atom is -0.264 e. The van der Waals surface area contributed by atoms with Crippen LogP contribution in [0, 0.1) is 68.3 Å². The van der Waals surface area contributed by atoms with E-state index in [1.54, 1.807) is 6.92 Å². The summed E-state index contributed by atoms with van der Waals surface area (Å²) >= 11 is 0. The van der Waals surface area contributed by atoms with E-state index in [2.05, 4.69) is 0 Å². The number of nitrogens with zero attached hydrogens (tertiary/aromatic N) is 5. The lowest BCUT2D eigenvalue weighted by atomic mass is 9.67. The maximum atomic E-state index is 11.5. The number of rotatable bonds is 7. The number of hydrogen-bond acceptors (Lipinski definition) is 10. The summed E-state index contributed by atoms with van der Waals surface area (Å²) in [4.78, 5) is 53.3. The van der Waals surface area contributed by atoms with E-state index in [1.165, 1.54) is 0 Å². The highest BCUT2D eigenvalue weighted by Gasteiger charge is 2.58. The summed E-state index contributed by atoms with van der Waals surface area (Å²) in [5.74, 6) is -2.90. The lowest BCUT2D eigenvalue weighted by Crippen LogP contribution is -2.54. The molecule has 15 nitrogen and oxygen atoms in total. The Kier molecular flexibility index (Phi) is 6.58. The molecule has 2 fully saturated rings. The third kappa shape index (κ3) is 4.71. The molecule has 29 heavy (non-hydrogen) atoms. The van der Waals surface area contributed by atoms with E-state index < -0.39 is 85.9 Å². The smallest absolute Gasteiger partial charge is 0.229 e. The lowest BCUT2D eigenvalue weighted by molar-refractivity contribution is -0.620. The first-order chi connectivity index (χ1) is 13.4. The van der Waals surface area contributed by atoms with Crippen LogP contribution in [-0.2, 0) is 0 Å². The third-order valence-electron chi connectivity index (χ3n) is 6.22. The van der Waals surface area contributed by atoms with Crippen molar-refractivity contribution in [1.82, 2.24) is 0 Å². The highest BCUT2D eigenvalue weighted by atomic mass is 16.6. The normalized spacial score (nSPS) is 37.4. The van der Waals surface area contributed by atoms with E-state index in [4.69, 9.17) is 0 Å².